The molecule has 1 nitrogen and oxygen atoms in total. The lowest BCUT2D eigenvalue weighted by Crippen LogP contribution is -1.92. The minimum atomic E-state index is 0.933. The van der Waals surface area contributed by atoms with Crippen LogP contribution in [0.4, 0.5) is 0 Å². The van der Waals surface area contributed by atoms with E-state index in [0.717, 1.165) is 12.1 Å². The van der Waals surface area contributed by atoms with E-state index in [0.29, 0.717) is 0 Å². The average molecular weight is 295 g/mol. The second-order valence-corrected chi connectivity index (χ2v) is 5.73. The van der Waals surface area contributed by atoms with Crippen LogP contribution in [0.25, 0.3) is 22.0 Å². The largest absolute Gasteiger partial charge is 0.256 e. The molecule has 0 N–H and O–H groups in total. The van der Waals surface area contributed by atoms with E-state index in [9.17, 15) is 0 Å². The smallest absolute Gasteiger partial charge is 0.0702 e. The summed E-state index contributed by atoms with van der Waals surface area (Å²) in [6.45, 7) is 0. The third-order valence-electron chi connectivity index (χ3n) is 4.15. The van der Waals surface area contributed by atoms with Crippen molar-refractivity contribution in [3.8, 4) is 11.3 Å². The van der Waals surface area contributed by atoms with Crippen LogP contribution in [-0.4, -0.2) is 4.98 Å². The monoisotopic (exact) mass is 295 g/mol. The lowest BCUT2D eigenvalue weighted by molar-refractivity contribution is 1.21. The maximum atomic E-state index is 4.50. The zero-order valence-corrected chi connectivity index (χ0v) is 12.8. The van der Waals surface area contributed by atoms with Crippen LogP contribution in [0.15, 0.2) is 91.1 Å². The Morgan fingerprint density at radius 1 is 0.696 bits per heavy atom. The van der Waals surface area contributed by atoms with Gasteiger partial charge in [0.15, 0.2) is 0 Å². The van der Waals surface area contributed by atoms with Crippen LogP contribution in [0.1, 0.15) is 11.1 Å². The van der Waals surface area contributed by atoms with E-state index < -0.39 is 0 Å². The minimum Gasteiger partial charge on any atom is -0.256 e. The van der Waals surface area contributed by atoms with Gasteiger partial charge in [0.05, 0.1) is 5.69 Å². The van der Waals surface area contributed by atoms with E-state index in [1.165, 1.54) is 27.5 Å². The van der Waals surface area contributed by atoms with Gasteiger partial charge in [-0.05, 0) is 52.6 Å². The van der Waals surface area contributed by atoms with Gasteiger partial charge in [0.25, 0.3) is 0 Å². The first-order chi connectivity index (χ1) is 11.4. The third-order valence-corrected chi connectivity index (χ3v) is 4.15. The number of pyridine rings is 1. The lowest BCUT2D eigenvalue weighted by atomic mass is 9.95. The molecular weight excluding hydrogens is 278 g/mol. The number of fused-ring (bicyclic) bond motifs is 1. The molecule has 1 heterocycles. The van der Waals surface area contributed by atoms with Crippen LogP contribution in [0, 0.1) is 0 Å². The first-order valence-electron chi connectivity index (χ1n) is 7.87. The van der Waals surface area contributed by atoms with Gasteiger partial charge in [-0.25, -0.2) is 0 Å². The Kier molecular flexibility index (Phi) is 3.61. The highest BCUT2D eigenvalue weighted by Gasteiger charge is 2.07. The van der Waals surface area contributed by atoms with E-state index in [-0.39, 0.29) is 0 Å². The van der Waals surface area contributed by atoms with E-state index in [4.69, 9.17) is 0 Å². The molecular formula is C22H17N. The van der Waals surface area contributed by atoms with Gasteiger partial charge < -0.3 is 0 Å². The van der Waals surface area contributed by atoms with Crippen LogP contribution in [0.3, 0.4) is 0 Å². The summed E-state index contributed by atoms with van der Waals surface area (Å²) < 4.78 is 0. The molecule has 0 spiro atoms. The molecule has 0 unspecified atom stereocenters. The predicted molar refractivity (Wildman–Crippen MR) is 96.4 cm³/mol. The SMILES string of the molecule is c1ccc(Cc2cc(-c3ccccn3)cc3ccccc23)cc1. The van der Waals surface area contributed by atoms with Crippen molar-refractivity contribution in [2.24, 2.45) is 0 Å². The van der Waals surface area contributed by atoms with E-state index in [1.807, 2.05) is 18.3 Å². The summed E-state index contributed by atoms with van der Waals surface area (Å²) in [4.78, 5) is 4.50. The van der Waals surface area contributed by atoms with E-state index in [2.05, 4.69) is 77.8 Å². The molecule has 0 aliphatic heterocycles. The van der Waals surface area contributed by atoms with Gasteiger partial charge in [-0.2, -0.15) is 0 Å². The van der Waals surface area contributed by atoms with Crippen molar-refractivity contribution in [1.29, 1.82) is 0 Å². The molecule has 0 aliphatic rings. The molecule has 1 aromatic heterocycles. The number of nitrogens with zero attached hydrogens (tertiary/aromatic N) is 1. The summed E-state index contributed by atoms with van der Waals surface area (Å²) >= 11 is 0. The summed E-state index contributed by atoms with van der Waals surface area (Å²) in [7, 11) is 0. The summed E-state index contributed by atoms with van der Waals surface area (Å²) in [5.74, 6) is 0. The maximum Gasteiger partial charge on any atom is 0.0702 e. The highest BCUT2D eigenvalue weighted by atomic mass is 14.7. The van der Waals surface area contributed by atoms with Crippen molar-refractivity contribution < 1.29 is 0 Å². The standard InChI is InChI=1S/C22H17N/c1-2-8-17(9-3-1)14-19-16-20(22-12-6-7-13-23-22)15-18-10-4-5-11-21(18)19/h1-13,15-16H,14H2. The number of benzene rings is 3. The van der Waals surface area contributed by atoms with Crippen LogP contribution in [-0.2, 0) is 6.42 Å². The van der Waals surface area contributed by atoms with Gasteiger partial charge in [0, 0.05) is 11.8 Å². The third kappa shape index (κ3) is 2.86. The highest BCUT2D eigenvalue weighted by Crippen LogP contribution is 2.28. The number of hydrogen-bond acceptors (Lipinski definition) is 1. The van der Waals surface area contributed by atoms with Crippen molar-refractivity contribution in [2.75, 3.05) is 0 Å². The molecule has 110 valence electrons. The Morgan fingerprint density at radius 3 is 2.30 bits per heavy atom. The van der Waals surface area contributed by atoms with Crippen LogP contribution < -0.4 is 0 Å². The summed E-state index contributed by atoms with van der Waals surface area (Å²) in [6, 6.07) is 29.8. The Balaban J connectivity index is 1.87. The molecule has 0 saturated heterocycles. The van der Waals surface area contributed by atoms with Crippen molar-refractivity contribution in [1.82, 2.24) is 4.98 Å². The van der Waals surface area contributed by atoms with Crippen molar-refractivity contribution in [2.45, 2.75) is 6.42 Å². The molecule has 0 fully saturated rings. The highest BCUT2D eigenvalue weighted by molar-refractivity contribution is 5.90. The topological polar surface area (TPSA) is 12.9 Å². The minimum absolute atomic E-state index is 0.933. The summed E-state index contributed by atoms with van der Waals surface area (Å²) in [6.07, 6.45) is 2.78. The van der Waals surface area contributed by atoms with Gasteiger partial charge in [-0.3, -0.25) is 4.98 Å². The van der Waals surface area contributed by atoms with Crippen LogP contribution in [0.2, 0.25) is 0 Å². The predicted octanol–water partition coefficient (Wildman–Crippen LogP) is 5.49. The zero-order chi connectivity index (χ0) is 15.5. The number of hydrogen-bond donors (Lipinski definition) is 0. The van der Waals surface area contributed by atoms with Crippen LogP contribution in [0.5, 0.6) is 0 Å². The van der Waals surface area contributed by atoms with Gasteiger partial charge in [-0.15, -0.1) is 0 Å². The Bertz CT molecular complexity index is 928. The van der Waals surface area contributed by atoms with E-state index in [1.54, 1.807) is 0 Å². The van der Waals surface area contributed by atoms with Crippen molar-refractivity contribution in [3.63, 3.8) is 0 Å². The summed E-state index contributed by atoms with van der Waals surface area (Å²) in [5, 5.41) is 2.58. The normalized spacial score (nSPS) is 10.8. The molecule has 0 bridgehead atoms. The van der Waals surface area contributed by atoms with Gasteiger partial charge in [0.2, 0.25) is 0 Å². The molecule has 23 heavy (non-hydrogen) atoms. The number of aromatic nitrogens is 1. The van der Waals surface area contributed by atoms with Gasteiger partial charge in [-0.1, -0.05) is 60.7 Å². The maximum absolute atomic E-state index is 4.50. The zero-order valence-electron chi connectivity index (χ0n) is 12.8. The van der Waals surface area contributed by atoms with E-state index >= 15 is 0 Å². The molecule has 1 heteroatoms. The molecule has 0 amide bonds. The molecule has 3 aromatic carbocycles. The Hall–Kier alpha value is -2.93. The Labute approximate surface area is 136 Å². The first-order valence-corrected chi connectivity index (χ1v) is 7.87. The molecule has 4 rings (SSSR count). The van der Waals surface area contributed by atoms with Crippen LogP contribution >= 0.6 is 0 Å². The first kappa shape index (κ1) is 13.7. The fraction of sp³-hybridized carbons (Fsp3) is 0.0455. The number of rotatable bonds is 3. The second-order valence-electron chi connectivity index (χ2n) is 5.73. The lowest BCUT2D eigenvalue weighted by Gasteiger charge is -2.10. The fourth-order valence-electron chi connectivity index (χ4n) is 3.03. The molecule has 0 atom stereocenters. The second kappa shape index (κ2) is 6.05. The molecule has 0 saturated carbocycles. The quantitative estimate of drug-likeness (QED) is 0.487. The molecule has 0 radical (unpaired) electrons. The Morgan fingerprint density at radius 2 is 1.48 bits per heavy atom. The summed E-state index contributed by atoms with van der Waals surface area (Å²) in [5.41, 5.74) is 4.87. The van der Waals surface area contributed by atoms with Gasteiger partial charge in [0.1, 0.15) is 0 Å². The fourth-order valence-corrected chi connectivity index (χ4v) is 3.03. The van der Waals surface area contributed by atoms with Crippen molar-refractivity contribution in [3.05, 3.63) is 102 Å². The molecule has 0 aliphatic carbocycles. The van der Waals surface area contributed by atoms with Crippen molar-refractivity contribution >= 4 is 10.8 Å². The molecule has 4 aromatic rings. The average Bonchev–Trinajstić information content (AvgIpc) is 2.63. The van der Waals surface area contributed by atoms with Gasteiger partial charge >= 0.3 is 0 Å².